The van der Waals surface area contributed by atoms with Crippen LogP contribution >= 0.6 is 0 Å². The summed E-state index contributed by atoms with van der Waals surface area (Å²) < 4.78 is 0. The Balaban J connectivity index is 1.91. The lowest BCUT2D eigenvalue weighted by Gasteiger charge is -2.64. The molecule has 0 nitrogen and oxygen atoms in total. The van der Waals surface area contributed by atoms with Gasteiger partial charge < -0.3 is 0 Å². The molecule has 0 amide bonds. The summed E-state index contributed by atoms with van der Waals surface area (Å²) >= 11 is 0. The van der Waals surface area contributed by atoms with Gasteiger partial charge in [-0.3, -0.25) is 0 Å². The molecule has 0 heterocycles. The van der Waals surface area contributed by atoms with Gasteiger partial charge in [-0.25, -0.2) is 0 Å². The molecule has 0 aromatic carbocycles. The van der Waals surface area contributed by atoms with Gasteiger partial charge in [0.15, 0.2) is 0 Å². The molecule has 0 saturated heterocycles. The molecule has 1 spiro atoms. The first kappa shape index (κ1) is 9.87. The molecule has 0 heteroatoms. The van der Waals surface area contributed by atoms with Crippen molar-refractivity contribution in [2.45, 2.75) is 60.3 Å². The lowest BCUT2D eigenvalue weighted by molar-refractivity contribution is -0.173. The van der Waals surface area contributed by atoms with Gasteiger partial charge in [0.1, 0.15) is 0 Å². The van der Waals surface area contributed by atoms with E-state index in [1.54, 1.807) is 25.7 Å². The van der Waals surface area contributed by atoms with Crippen LogP contribution in [0.1, 0.15) is 60.3 Å². The highest BCUT2D eigenvalue weighted by molar-refractivity contribution is 5.42. The summed E-state index contributed by atoms with van der Waals surface area (Å²) in [7, 11) is 0. The number of rotatable bonds is 0. The Hall–Kier alpha value is 0. The topological polar surface area (TPSA) is 0 Å². The Kier molecular flexibility index (Phi) is 1.13. The zero-order valence-electron chi connectivity index (χ0n) is 12.1. The smallest absolute Gasteiger partial charge is 0.0184 e. The Morgan fingerprint density at radius 2 is 1.71 bits per heavy atom. The molecule has 6 aliphatic rings. The molecule has 0 aliphatic heterocycles. The summed E-state index contributed by atoms with van der Waals surface area (Å²) in [6.07, 6.45) is 6.23. The van der Waals surface area contributed by atoms with E-state index in [-0.39, 0.29) is 0 Å². The number of hydrogen-bond donors (Lipinski definition) is 0. The minimum atomic E-state index is 0.648. The molecule has 0 aromatic heterocycles. The third-order valence-electron chi connectivity index (χ3n) is 9.89. The Bertz CT molecular complexity index is 467. The molecule has 6 fully saturated rings. The van der Waals surface area contributed by atoms with E-state index in [0.29, 0.717) is 16.2 Å². The van der Waals surface area contributed by atoms with Gasteiger partial charge in [-0.05, 0) is 70.5 Å². The van der Waals surface area contributed by atoms with Crippen LogP contribution in [0.4, 0.5) is 0 Å². The van der Waals surface area contributed by atoms with Crippen molar-refractivity contribution >= 4 is 0 Å². The van der Waals surface area contributed by atoms with Crippen molar-refractivity contribution in [3.05, 3.63) is 0 Å². The van der Waals surface area contributed by atoms with E-state index in [0.717, 1.165) is 28.6 Å². The molecule has 6 rings (SSSR count). The quantitative estimate of drug-likeness (QED) is 0.575. The highest BCUT2D eigenvalue weighted by Gasteiger charge is 2.94. The van der Waals surface area contributed by atoms with Crippen molar-refractivity contribution in [1.29, 1.82) is 0 Å². The fourth-order valence-electron chi connectivity index (χ4n) is 9.77. The fourth-order valence-corrected chi connectivity index (χ4v) is 9.77. The zero-order valence-corrected chi connectivity index (χ0v) is 12.1. The summed E-state index contributed by atoms with van der Waals surface area (Å²) in [5, 5.41) is 0. The maximum atomic E-state index is 2.69. The Morgan fingerprint density at radius 1 is 1.00 bits per heavy atom. The van der Waals surface area contributed by atoms with Gasteiger partial charge in [0.05, 0.1) is 0 Å². The van der Waals surface area contributed by atoms with E-state index in [9.17, 15) is 0 Å². The SMILES string of the molecule is CC1C23CCC4(C)C2C2(C)CC(C)(CC23)C14C. The lowest BCUT2D eigenvalue weighted by atomic mass is 9.40. The molecule has 17 heavy (non-hydrogen) atoms. The van der Waals surface area contributed by atoms with Crippen LogP contribution in [-0.2, 0) is 0 Å². The summed E-state index contributed by atoms with van der Waals surface area (Å²) in [6.45, 7) is 13.3. The second-order valence-electron chi connectivity index (χ2n) is 9.39. The molecule has 94 valence electrons. The largest absolute Gasteiger partial charge is 0.0614 e. The zero-order chi connectivity index (χ0) is 12.1. The van der Waals surface area contributed by atoms with E-state index in [1.165, 1.54) is 0 Å². The molecule has 0 aromatic rings. The van der Waals surface area contributed by atoms with Gasteiger partial charge >= 0.3 is 0 Å². The van der Waals surface area contributed by atoms with Crippen LogP contribution in [0.5, 0.6) is 0 Å². The normalized spacial score (nSPS) is 82.1. The standard InChI is InChI=1S/C17H26/c1-10-16(5)13(2)8-11-14(3,9-13)12-15(16,4)6-7-17(10,11)12/h10-12H,6-9H2,1-5H3. The van der Waals surface area contributed by atoms with Gasteiger partial charge in [-0.2, -0.15) is 0 Å². The maximum absolute atomic E-state index is 2.69. The van der Waals surface area contributed by atoms with E-state index in [2.05, 4.69) is 34.6 Å². The van der Waals surface area contributed by atoms with Crippen LogP contribution in [0.2, 0.25) is 0 Å². The molecular weight excluding hydrogens is 204 g/mol. The van der Waals surface area contributed by atoms with Crippen molar-refractivity contribution in [3.63, 3.8) is 0 Å². The lowest BCUT2D eigenvalue weighted by Crippen LogP contribution is -2.60. The first-order chi connectivity index (χ1) is 7.77. The second kappa shape index (κ2) is 1.95. The van der Waals surface area contributed by atoms with E-state index in [1.807, 2.05) is 0 Å². The summed E-state index contributed by atoms with van der Waals surface area (Å²) in [4.78, 5) is 0. The molecular formula is C17H26. The van der Waals surface area contributed by atoms with Crippen LogP contribution in [-0.4, -0.2) is 0 Å². The van der Waals surface area contributed by atoms with Crippen molar-refractivity contribution in [2.24, 2.45) is 44.8 Å². The average molecular weight is 230 g/mol. The second-order valence-corrected chi connectivity index (χ2v) is 9.39. The summed E-state index contributed by atoms with van der Waals surface area (Å²) in [5.41, 5.74) is 3.53. The van der Waals surface area contributed by atoms with E-state index >= 15 is 0 Å². The van der Waals surface area contributed by atoms with Crippen LogP contribution in [0.3, 0.4) is 0 Å². The van der Waals surface area contributed by atoms with Gasteiger partial charge in [-0.1, -0.05) is 34.6 Å². The maximum Gasteiger partial charge on any atom is -0.0184 e. The minimum Gasteiger partial charge on any atom is -0.0614 e. The summed E-state index contributed by atoms with van der Waals surface area (Å²) in [5.74, 6) is 3.18. The molecule has 0 N–H and O–H groups in total. The van der Waals surface area contributed by atoms with Gasteiger partial charge in [0.2, 0.25) is 0 Å². The molecule has 0 radical (unpaired) electrons. The third kappa shape index (κ3) is 0.515. The number of hydrogen-bond acceptors (Lipinski definition) is 0. The highest BCUT2D eigenvalue weighted by Crippen LogP contribution is 3.00. The van der Waals surface area contributed by atoms with Crippen molar-refractivity contribution in [2.75, 3.05) is 0 Å². The first-order valence-electron chi connectivity index (χ1n) is 7.77. The third-order valence-corrected chi connectivity index (χ3v) is 9.89. The van der Waals surface area contributed by atoms with E-state index < -0.39 is 0 Å². The molecule has 6 aliphatic carbocycles. The molecule has 8 unspecified atom stereocenters. The first-order valence-corrected chi connectivity index (χ1v) is 7.77. The predicted octanol–water partition coefficient (Wildman–Crippen LogP) is 4.49. The highest BCUT2D eigenvalue weighted by atomic mass is 15.0. The predicted molar refractivity (Wildman–Crippen MR) is 69.5 cm³/mol. The monoisotopic (exact) mass is 230 g/mol. The minimum absolute atomic E-state index is 0.648. The Morgan fingerprint density at radius 3 is 2.41 bits per heavy atom. The molecule has 7 bridgehead atoms. The fraction of sp³-hybridized carbons (Fsp3) is 1.00. The van der Waals surface area contributed by atoms with Crippen LogP contribution in [0.15, 0.2) is 0 Å². The molecule has 6 saturated carbocycles. The van der Waals surface area contributed by atoms with Gasteiger partial charge in [0, 0.05) is 0 Å². The average Bonchev–Trinajstić information content (AvgIpc) is 2.66. The van der Waals surface area contributed by atoms with Gasteiger partial charge in [0.25, 0.3) is 0 Å². The van der Waals surface area contributed by atoms with Gasteiger partial charge in [-0.15, -0.1) is 0 Å². The summed E-state index contributed by atoms with van der Waals surface area (Å²) in [6, 6.07) is 0. The van der Waals surface area contributed by atoms with Crippen molar-refractivity contribution in [3.8, 4) is 0 Å². The van der Waals surface area contributed by atoms with E-state index in [4.69, 9.17) is 0 Å². The van der Waals surface area contributed by atoms with Crippen LogP contribution in [0.25, 0.3) is 0 Å². The van der Waals surface area contributed by atoms with Crippen LogP contribution in [0, 0.1) is 44.8 Å². The Labute approximate surface area is 106 Å². The van der Waals surface area contributed by atoms with Crippen molar-refractivity contribution in [1.82, 2.24) is 0 Å². The van der Waals surface area contributed by atoms with Crippen molar-refractivity contribution < 1.29 is 0 Å². The van der Waals surface area contributed by atoms with Crippen LogP contribution < -0.4 is 0 Å². The molecule has 8 atom stereocenters.